The summed E-state index contributed by atoms with van der Waals surface area (Å²) in [4.78, 5) is 14.4. The fourth-order valence-corrected chi connectivity index (χ4v) is 3.63. The topological polar surface area (TPSA) is 78.5 Å². The van der Waals surface area contributed by atoms with Crippen LogP contribution in [0.2, 0.25) is 0 Å². The molecule has 2 aromatic rings. The largest absolute Gasteiger partial charge is 0.337 e. The van der Waals surface area contributed by atoms with Gasteiger partial charge in [-0.2, -0.15) is 0 Å². The summed E-state index contributed by atoms with van der Waals surface area (Å²) in [5.74, 6) is 0. The summed E-state index contributed by atoms with van der Waals surface area (Å²) in [7, 11) is -3.57. The molecular weight excluding hydrogens is 362 g/mol. The number of hydrogen-bond donors (Lipinski definition) is 2. The van der Waals surface area contributed by atoms with E-state index in [0.29, 0.717) is 13.1 Å². The molecule has 0 bridgehead atoms. The van der Waals surface area contributed by atoms with E-state index in [1.54, 1.807) is 29.2 Å². The van der Waals surface area contributed by atoms with E-state index in [-0.39, 0.29) is 24.0 Å². The number of nitrogens with zero attached hydrogens (tertiary/aromatic N) is 1. The maximum Gasteiger partial charge on any atom is 0.317 e. The molecule has 0 aliphatic rings. The number of amides is 2. The van der Waals surface area contributed by atoms with Crippen LogP contribution in [0.15, 0.2) is 59.5 Å². The van der Waals surface area contributed by atoms with Crippen LogP contribution in [-0.2, 0) is 16.6 Å². The maximum absolute atomic E-state index is 12.4. The Balaban J connectivity index is 1.83. The molecule has 0 radical (unpaired) electrons. The molecule has 2 amide bonds. The van der Waals surface area contributed by atoms with E-state index in [1.807, 2.05) is 44.2 Å². The van der Waals surface area contributed by atoms with Crippen LogP contribution in [0.4, 0.5) is 4.79 Å². The van der Waals surface area contributed by atoms with Crippen molar-refractivity contribution in [2.24, 2.45) is 0 Å². The van der Waals surface area contributed by atoms with Crippen molar-refractivity contribution in [3.05, 3.63) is 65.7 Å². The van der Waals surface area contributed by atoms with E-state index >= 15 is 0 Å². The van der Waals surface area contributed by atoms with E-state index in [9.17, 15) is 13.2 Å². The highest BCUT2D eigenvalue weighted by Crippen LogP contribution is 2.09. The minimum atomic E-state index is -3.57. The van der Waals surface area contributed by atoms with Crippen molar-refractivity contribution in [3.63, 3.8) is 0 Å². The van der Waals surface area contributed by atoms with E-state index in [1.165, 1.54) is 0 Å². The monoisotopic (exact) mass is 389 g/mol. The van der Waals surface area contributed by atoms with Crippen LogP contribution in [0.5, 0.6) is 0 Å². The summed E-state index contributed by atoms with van der Waals surface area (Å²) in [6, 6.07) is 16.2. The number of aryl methyl sites for hydroxylation is 1. The first kappa shape index (κ1) is 20.9. The summed E-state index contributed by atoms with van der Waals surface area (Å²) in [6.45, 7) is 5.43. The normalized spacial score (nSPS) is 11.2. The molecular formula is C20H27N3O3S. The van der Waals surface area contributed by atoms with E-state index in [4.69, 9.17) is 0 Å². The second-order valence-electron chi connectivity index (χ2n) is 6.35. The Bertz CT molecular complexity index is 821. The predicted molar refractivity (Wildman–Crippen MR) is 107 cm³/mol. The number of urea groups is 1. The second kappa shape index (κ2) is 10.1. The summed E-state index contributed by atoms with van der Waals surface area (Å²) in [5, 5.41) is 2.78. The Hall–Kier alpha value is -2.38. The molecule has 0 spiro atoms. The lowest BCUT2D eigenvalue weighted by Crippen LogP contribution is -2.43. The molecule has 146 valence electrons. The molecule has 6 nitrogen and oxygen atoms in total. The number of benzene rings is 2. The van der Waals surface area contributed by atoms with Crippen LogP contribution >= 0.6 is 0 Å². The van der Waals surface area contributed by atoms with Crippen molar-refractivity contribution >= 4 is 16.1 Å². The lowest BCUT2D eigenvalue weighted by atomic mass is 10.2. The zero-order valence-electron chi connectivity index (χ0n) is 15.8. The smallest absolute Gasteiger partial charge is 0.317 e. The molecule has 0 atom stereocenters. The molecule has 0 fully saturated rings. The first-order valence-corrected chi connectivity index (χ1v) is 10.5. The highest BCUT2D eigenvalue weighted by molar-refractivity contribution is 7.89. The lowest BCUT2D eigenvalue weighted by molar-refractivity contribution is 0.195. The van der Waals surface area contributed by atoms with Crippen LogP contribution < -0.4 is 10.0 Å². The van der Waals surface area contributed by atoms with Gasteiger partial charge in [0, 0.05) is 26.2 Å². The van der Waals surface area contributed by atoms with Crippen LogP contribution in [0.1, 0.15) is 24.5 Å². The Morgan fingerprint density at radius 1 is 1.00 bits per heavy atom. The van der Waals surface area contributed by atoms with Gasteiger partial charge < -0.3 is 10.2 Å². The Kier molecular flexibility index (Phi) is 7.82. The standard InChI is InChI=1S/C20H27N3O3S/c1-3-15-23(16-18-7-5-4-6-8-18)20(24)21-13-14-22-27(25,26)19-11-9-17(2)10-12-19/h4-12,22H,3,13-16H2,1-2H3,(H,21,24). The Morgan fingerprint density at radius 3 is 2.30 bits per heavy atom. The van der Waals surface area contributed by atoms with Gasteiger partial charge >= 0.3 is 6.03 Å². The Morgan fingerprint density at radius 2 is 1.67 bits per heavy atom. The van der Waals surface area contributed by atoms with E-state index in [0.717, 1.165) is 17.5 Å². The first-order valence-electron chi connectivity index (χ1n) is 9.05. The third-order valence-electron chi connectivity index (χ3n) is 4.02. The first-order chi connectivity index (χ1) is 12.9. The summed E-state index contributed by atoms with van der Waals surface area (Å²) >= 11 is 0. The van der Waals surface area contributed by atoms with Gasteiger partial charge in [0.05, 0.1) is 4.90 Å². The molecule has 2 N–H and O–H groups in total. The minimum absolute atomic E-state index is 0.132. The third kappa shape index (κ3) is 6.69. The van der Waals surface area contributed by atoms with Crippen molar-refractivity contribution in [2.75, 3.05) is 19.6 Å². The van der Waals surface area contributed by atoms with Gasteiger partial charge in [0.1, 0.15) is 0 Å². The minimum Gasteiger partial charge on any atom is -0.337 e. The van der Waals surface area contributed by atoms with Gasteiger partial charge in [0.2, 0.25) is 10.0 Å². The number of carbonyl (C=O) groups excluding carboxylic acids is 1. The third-order valence-corrected chi connectivity index (χ3v) is 5.50. The quantitative estimate of drug-likeness (QED) is 0.647. The van der Waals surface area contributed by atoms with Crippen LogP contribution in [0, 0.1) is 6.92 Å². The molecule has 0 aliphatic heterocycles. The number of hydrogen-bond acceptors (Lipinski definition) is 3. The SMILES string of the molecule is CCCN(Cc1ccccc1)C(=O)NCCNS(=O)(=O)c1ccc(C)cc1. The van der Waals surface area contributed by atoms with Gasteiger partial charge in [0.15, 0.2) is 0 Å². The molecule has 7 heteroatoms. The zero-order chi connectivity index (χ0) is 19.7. The molecule has 0 saturated carbocycles. The van der Waals surface area contributed by atoms with Gasteiger partial charge in [-0.15, -0.1) is 0 Å². The number of rotatable bonds is 9. The Labute approximate surface area is 161 Å². The lowest BCUT2D eigenvalue weighted by Gasteiger charge is -2.22. The molecule has 0 aliphatic carbocycles. The van der Waals surface area contributed by atoms with E-state index < -0.39 is 10.0 Å². The van der Waals surface area contributed by atoms with E-state index in [2.05, 4.69) is 10.0 Å². The summed E-state index contributed by atoms with van der Waals surface area (Å²) in [5.41, 5.74) is 2.05. The molecule has 2 rings (SSSR count). The molecule has 2 aromatic carbocycles. The van der Waals surface area contributed by atoms with Crippen LogP contribution in [-0.4, -0.2) is 39.0 Å². The summed E-state index contributed by atoms with van der Waals surface area (Å²) in [6.07, 6.45) is 0.848. The van der Waals surface area contributed by atoms with Crippen molar-refractivity contribution < 1.29 is 13.2 Å². The van der Waals surface area contributed by atoms with Gasteiger partial charge in [-0.3, -0.25) is 0 Å². The highest BCUT2D eigenvalue weighted by Gasteiger charge is 2.15. The second-order valence-corrected chi connectivity index (χ2v) is 8.12. The number of carbonyl (C=O) groups is 1. The van der Waals surface area contributed by atoms with Gasteiger partial charge in [-0.25, -0.2) is 17.9 Å². The van der Waals surface area contributed by atoms with Gasteiger partial charge in [-0.1, -0.05) is 55.0 Å². The average molecular weight is 390 g/mol. The number of sulfonamides is 1. The fraction of sp³-hybridized carbons (Fsp3) is 0.350. The molecule has 0 heterocycles. The van der Waals surface area contributed by atoms with Crippen LogP contribution in [0.25, 0.3) is 0 Å². The average Bonchev–Trinajstić information content (AvgIpc) is 2.66. The van der Waals surface area contributed by atoms with Crippen LogP contribution in [0.3, 0.4) is 0 Å². The maximum atomic E-state index is 12.4. The van der Waals surface area contributed by atoms with Crippen molar-refractivity contribution in [3.8, 4) is 0 Å². The van der Waals surface area contributed by atoms with Crippen molar-refractivity contribution in [1.82, 2.24) is 14.9 Å². The molecule has 27 heavy (non-hydrogen) atoms. The summed E-state index contributed by atoms with van der Waals surface area (Å²) < 4.78 is 27.0. The zero-order valence-corrected chi connectivity index (χ0v) is 16.6. The van der Waals surface area contributed by atoms with Gasteiger partial charge in [0.25, 0.3) is 0 Å². The van der Waals surface area contributed by atoms with Crippen molar-refractivity contribution in [1.29, 1.82) is 0 Å². The van der Waals surface area contributed by atoms with Crippen molar-refractivity contribution in [2.45, 2.75) is 31.7 Å². The molecule has 0 unspecified atom stereocenters. The molecule has 0 aromatic heterocycles. The molecule has 0 saturated heterocycles. The number of nitrogens with one attached hydrogen (secondary N) is 2. The predicted octanol–water partition coefficient (Wildman–Crippen LogP) is 2.90. The highest BCUT2D eigenvalue weighted by atomic mass is 32.2. The van der Waals surface area contributed by atoms with Gasteiger partial charge in [-0.05, 0) is 31.0 Å². The fourth-order valence-electron chi connectivity index (χ4n) is 2.59.